The van der Waals surface area contributed by atoms with Crippen LogP contribution in [0.1, 0.15) is 23.7 Å². The number of carbonyl (C=O) groups is 1. The van der Waals surface area contributed by atoms with Crippen LogP contribution in [0.2, 0.25) is 0 Å². The standard InChI is InChI=1S/C17H25N3O6.ClH/c1-11-6-12(9-18)10-19(11)17(21)13-7-15(25-3)16(26-5-4-24-2)8-14(13)20(22)23;/h7-8,11-12H,4-6,9-10,18H2,1-3H3;1H. The van der Waals surface area contributed by atoms with Crippen molar-refractivity contribution in [3.05, 3.63) is 27.8 Å². The predicted octanol–water partition coefficient (Wildman–Crippen LogP) is 1.86. The van der Waals surface area contributed by atoms with E-state index < -0.39 is 10.8 Å². The number of nitrogens with zero attached hydrogens (tertiary/aromatic N) is 2. The van der Waals surface area contributed by atoms with Crippen LogP contribution in [-0.2, 0) is 4.74 Å². The molecule has 10 heteroatoms. The SMILES string of the molecule is COCCOc1cc([N+](=O)[O-])c(C(=O)N2CC(CN)CC2C)cc1OC.Cl. The molecule has 152 valence electrons. The van der Waals surface area contributed by atoms with Gasteiger partial charge < -0.3 is 24.8 Å². The molecule has 9 nitrogen and oxygen atoms in total. The second kappa shape index (κ2) is 10.3. The molecule has 0 spiro atoms. The van der Waals surface area contributed by atoms with E-state index in [1.54, 1.807) is 4.90 Å². The molecule has 2 N–H and O–H groups in total. The van der Waals surface area contributed by atoms with E-state index in [4.69, 9.17) is 19.9 Å². The number of likely N-dealkylation sites (tertiary alicyclic amines) is 1. The monoisotopic (exact) mass is 403 g/mol. The number of halogens is 1. The molecule has 0 saturated carbocycles. The molecule has 1 aliphatic rings. The van der Waals surface area contributed by atoms with E-state index in [1.165, 1.54) is 26.4 Å². The highest BCUT2D eigenvalue weighted by atomic mass is 35.5. The molecule has 1 aliphatic heterocycles. The highest BCUT2D eigenvalue weighted by Gasteiger charge is 2.35. The van der Waals surface area contributed by atoms with Crippen molar-refractivity contribution >= 4 is 24.0 Å². The molecule has 2 atom stereocenters. The molecule has 0 aromatic heterocycles. The molecule has 1 aromatic rings. The maximum Gasteiger partial charge on any atom is 0.286 e. The molecule has 1 heterocycles. The summed E-state index contributed by atoms with van der Waals surface area (Å²) in [5, 5.41) is 11.5. The Bertz CT molecular complexity index is 672. The zero-order valence-electron chi connectivity index (χ0n) is 15.7. The molecule has 0 aliphatic carbocycles. The maximum absolute atomic E-state index is 12.9. The van der Waals surface area contributed by atoms with Gasteiger partial charge >= 0.3 is 0 Å². The lowest BCUT2D eigenvalue weighted by Crippen LogP contribution is -2.34. The molecule has 1 aromatic carbocycles. The topological polar surface area (TPSA) is 117 Å². The fourth-order valence-corrected chi connectivity index (χ4v) is 3.13. The minimum atomic E-state index is -0.586. The van der Waals surface area contributed by atoms with Crippen molar-refractivity contribution in [1.29, 1.82) is 0 Å². The summed E-state index contributed by atoms with van der Waals surface area (Å²) < 4.78 is 15.6. The average molecular weight is 404 g/mol. The Morgan fingerprint density at radius 1 is 1.33 bits per heavy atom. The number of hydrogen-bond acceptors (Lipinski definition) is 7. The first-order valence-corrected chi connectivity index (χ1v) is 8.42. The molecular weight excluding hydrogens is 378 g/mol. The first kappa shape index (κ1) is 22.9. The van der Waals surface area contributed by atoms with Crippen molar-refractivity contribution in [3.8, 4) is 11.5 Å². The third-order valence-electron chi connectivity index (χ3n) is 4.51. The summed E-state index contributed by atoms with van der Waals surface area (Å²) in [6.07, 6.45) is 0.783. The van der Waals surface area contributed by atoms with Crippen LogP contribution in [-0.4, -0.2) is 62.3 Å². The minimum Gasteiger partial charge on any atom is -0.493 e. The molecule has 2 rings (SSSR count). The van der Waals surface area contributed by atoms with E-state index in [9.17, 15) is 14.9 Å². The molecule has 1 saturated heterocycles. The molecule has 1 fully saturated rings. The number of carbonyl (C=O) groups excluding carboxylic acids is 1. The Labute approximate surface area is 164 Å². The van der Waals surface area contributed by atoms with Crippen molar-refractivity contribution in [3.63, 3.8) is 0 Å². The summed E-state index contributed by atoms with van der Waals surface area (Å²) in [5.41, 5.74) is 5.37. The Kier molecular flexibility index (Phi) is 8.74. The smallest absolute Gasteiger partial charge is 0.286 e. The third-order valence-corrected chi connectivity index (χ3v) is 4.51. The Hall–Kier alpha value is -2.10. The van der Waals surface area contributed by atoms with Crippen LogP contribution in [0.25, 0.3) is 0 Å². The zero-order chi connectivity index (χ0) is 19.3. The van der Waals surface area contributed by atoms with Gasteiger partial charge in [-0.2, -0.15) is 0 Å². The first-order valence-electron chi connectivity index (χ1n) is 8.42. The van der Waals surface area contributed by atoms with Gasteiger partial charge in [0.1, 0.15) is 12.2 Å². The van der Waals surface area contributed by atoms with Gasteiger partial charge in [0.25, 0.3) is 11.6 Å². The highest BCUT2D eigenvalue weighted by Crippen LogP contribution is 2.36. The highest BCUT2D eigenvalue weighted by molar-refractivity contribution is 5.99. The fourth-order valence-electron chi connectivity index (χ4n) is 3.13. The summed E-state index contributed by atoms with van der Waals surface area (Å²) in [4.78, 5) is 25.5. The fraction of sp³-hybridized carbons (Fsp3) is 0.588. The van der Waals surface area contributed by atoms with Crippen molar-refractivity contribution in [2.75, 3.05) is 40.5 Å². The molecular formula is C17H26ClN3O6. The maximum atomic E-state index is 12.9. The number of hydrogen-bond donors (Lipinski definition) is 1. The summed E-state index contributed by atoms with van der Waals surface area (Å²) in [7, 11) is 2.94. The second-order valence-electron chi connectivity index (χ2n) is 6.26. The van der Waals surface area contributed by atoms with Crippen LogP contribution < -0.4 is 15.2 Å². The Balaban J connectivity index is 0.00000364. The van der Waals surface area contributed by atoms with Crippen LogP contribution in [0.4, 0.5) is 5.69 Å². The molecule has 1 amide bonds. The van der Waals surface area contributed by atoms with E-state index in [-0.39, 0.29) is 53.7 Å². The molecule has 2 unspecified atom stereocenters. The lowest BCUT2D eigenvalue weighted by atomic mass is 10.1. The van der Waals surface area contributed by atoms with Gasteiger partial charge in [0.05, 0.1) is 24.7 Å². The van der Waals surface area contributed by atoms with Gasteiger partial charge in [-0.1, -0.05) is 0 Å². The first-order chi connectivity index (χ1) is 12.4. The normalized spacial score (nSPS) is 18.7. The Morgan fingerprint density at radius 3 is 2.56 bits per heavy atom. The number of ether oxygens (including phenoxy) is 3. The van der Waals surface area contributed by atoms with Crippen LogP contribution in [0.5, 0.6) is 11.5 Å². The Morgan fingerprint density at radius 2 is 2.04 bits per heavy atom. The van der Waals surface area contributed by atoms with Gasteiger partial charge in [0.2, 0.25) is 0 Å². The second-order valence-corrected chi connectivity index (χ2v) is 6.26. The lowest BCUT2D eigenvalue weighted by Gasteiger charge is -2.22. The van der Waals surface area contributed by atoms with Crippen molar-refractivity contribution in [1.82, 2.24) is 4.90 Å². The quantitative estimate of drug-likeness (QED) is 0.400. The minimum absolute atomic E-state index is 0. The van der Waals surface area contributed by atoms with E-state index in [0.717, 1.165) is 6.42 Å². The number of benzene rings is 1. The summed E-state index contributed by atoms with van der Waals surface area (Å²) in [6.45, 7) is 3.41. The average Bonchev–Trinajstić information content (AvgIpc) is 3.01. The van der Waals surface area contributed by atoms with Crippen molar-refractivity contribution in [2.24, 2.45) is 11.7 Å². The number of nitrogens with two attached hydrogens (primary N) is 1. The number of methoxy groups -OCH3 is 2. The largest absolute Gasteiger partial charge is 0.493 e. The zero-order valence-corrected chi connectivity index (χ0v) is 16.5. The molecule has 0 radical (unpaired) electrons. The predicted molar refractivity (Wildman–Crippen MR) is 102 cm³/mol. The van der Waals surface area contributed by atoms with Gasteiger partial charge in [-0.05, 0) is 25.8 Å². The van der Waals surface area contributed by atoms with E-state index >= 15 is 0 Å². The van der Waals surface area contributed by atoms with Gasteiger partial charge in [0, 0.05) is 25.8 Å². The van der Waals surface area contributed by atoms with Crippen LogP contribution in [0, 0.1) is 16.0 Å². The molecule has 0 bridgehead atoms. The van der Waals surface area contributed by atoms with Gasteiger partial charge in [-0.15, -0.1) is 12.4 Å². The lowest BCUT2D eigenvalue weighted by molar-refractivity contribution is -0.385. The van der Waals surface area contributed by atoms with Gasteiger partial charge in [-0.3, -0.25) is 14.9 Å². The van der Waals surface area contributed by atoms with E-state index in [0.29, 0.717) is 19.7 Å². The van der Waals surface area contributed by atoms with E-state index in [1.807, 2.05) is 6.92 Å². The van der Waals surface area contributed by atoms with Crippen LogP contribution >= 0.6 is 12.4 Å². The van der Waals surface area contributed by atoms with Gasteiger partial charge in [0.15, 0.2) is 11.5 Å². The number of nitro benzene ring substituents is 1. The number of rotatable bonds is 8. The van der Waals surface area contributed by atoms with Crippen molar-refractivity contribution < 1.29 is 23.9 Å². The van der Waals surface area contributed by atoms with Crippen LogP contribution in [0.15, 0.2) is 12.1 Å². The summed E-state index contributed by atoms with van der Waals surface area (Å²) in [5.74, 6) is 0.257. The third kappa shape index (κ3) is 5.21. The number of nitro groups is 1. The van der Waals surface area contributed by atoms with E-state index in [2.05, 4.69) is 0 Å². The van der Waals surface area contributed by atoms with Crippen LogP contribution in [0.3, 0.4) is 0 Å². The van der Waals surface area contributed by atoms with Crippen molar-refractivity contribution in [2.45, 2.75) is 19.4 Å². The number of amides is 1. The van der Waals surface area contributed by atoms with Gasteiger partial charge in [-0.25, -0.2) is 0 Å². The summed E-state index contributed by atoms with van der Waals surface area (Å²) in [6, 6.07) is 2.56. The summed E-state index contributed by atoms with van der Waals surface area (Å²) >= 11 is 0. The molecule has 27 heavy (non-hydrogen) atoms.